The molecule has 3 aromatic carbocycles. The fraction of sp³-hybridized carbons (Fsp3) is 0.343. The third-order valence-electron chi connectivity index (χ3n) is 7.23. The van der Waals surface area contributed by atoms with Crippen LogP contribution < -0.4 is 14.2 Å². The molecule has 44 heavy (non-hydrogen) atoms. The lowest BCUT2D eigenvalue weighted by atomic mass is 9.95. The molecule has 0 radical (unpaired) electrons. The van der Waals surface area contributed by atoms with Crippen molar-refractivity contribution in [2.75, 3.05) is 13.7 Å². The largest absolute Gasteiger partial charge is 0.497 e. The molecule has 0 fully saturated rings. The van der Waals surface area contributed by atoms with Gasteiger partial charge in [0.05, 0.1) is 26.1 Å². The van der Waals surface area contributed by atoms with Crippen LogP contribution in [0.25, 0.3) is 22.5 Å². The Labute approximate surface area is 256 Å². The molecular weight excluding hydrogens is 569 g/mol. The molecule has 0 saturated heterocycles. The van der Waals surface area contributed by atoms with E-state index >= 15 is 0 Å². The summed E-state index contributed by atoms with van der Waals surface area (Å²) >= 11 is 0. The Morgan fingerprint density at radius 3 is 1.91 bits per heavy atom. The van der Waals surface area contributed by atoms with E-state index in [0.29, 0.717) is 23.7 Å². The van der Waals surface area contributed by atoms with E-state index in [1.54, 1.807) is 24.5 Å². The van der Waals surface area contributed by atoms with E-state index in [-0.39, 0.29) is 11.3 Å². The number of alkyl halides is 3. The first kappa shape index (κ1) is 32.5. The summed E-state index contributed by atoms with van der Waals surface area (Å²) in [6, 6.07) is 19.6. The number of rotatable bonds is 15. The van der Waals surface area contributed by atoms with Crippen molar-refractivity contribution in [3.05, 3.63) is 90.8 Å². The lowest BCUT2D eigenvalue weighted by molar-refractivity contribution is -0.162. The summed E-state index contributed by atoms with van der Waals surface area (Å²) in [7, 11) is 1.42. The average Bonchev–Trinajstić information content (AvgIpc) is 3.03. The first-order valence-electron chi connectivity index (χ1n) is 14.8. The summed E-state index contributed by atoms with van der Waals surface area (Å²) in [4.78, 5) is 21.4. The molecular formula is C35H37F3N2O4. The number of esters is 1. The van der Waals surface area contributed by atoms with Gasteiger partial charge in [-0.3, -0.25) is 4.79 Å². The molecule has 0 bridgehead atoms. The Hall–Kier alpha value is -4.40. The molecule has 1 unspecified atom stereocenters. The number of hydrogen-bond donors (Lipinski definition) is 0. The minimum atomic E-state index is -4.62. The molecule has 1 atom stereocenters. The predicted molar refractivity (Wildman–Crippen MR) is 164 cm³/mol. The molecule has 0 amide bonds. The van der Waals surface area contributed by atoms with Gasteiger partial charge in [-0.2, -0.15) is 13.2 Å². The van der Waals surface area contributed by atoms with Crippen molar-refractivity contribution >= 4 is 5.97 Å². The van der Waals surface area contributed by atoms with Crippen LogP contribution in [0.1, 0.15) is 63.4 Å². The zero-order valence-electron chi connectivity index (χ0n) is 25.0. The van der Waals surface area contributed by atoms with Gasteiger partial charge in [-0.25, -0.2) is 9.97 Å². The van der Waals surface area contributed by atoms with Gasteiger partial charge in [-0.05, 0) is 66.1 Å². The van der Waals surface area contributed by atoms with Gasteiger partial charge in [0.25, 0.3) is 0 Å². The quantitative estimate of drug-likeness (QED) is 0.0763. The van der Waals surface area contributed by atoms with E-state index in [9.17, 15) is 18.0 Å². The number of hydrogen-bond acceptors (Lipinski definition) is 6. The van der Waals surface area contributed by atoms with Gasteiger partial charge in [-0.15, -0.1) is 0 Å². The second-order valence-electron chi connectivity index (χ2n) is 10.5. The Morgan fingerprint density at radius 2 is 1.30 bits per heavy atom. The van der Waals surface area contributed by atoms with Crippen LogP contribution in [0.3, 0.4) is 0 Å². The van der Waals surface area contributed by atoms with Crippen molar-refractivity contribution in [3.63, 3.8) is 0 Å². The van der Waals surface area contributed by atoms with Gasteiger partial charge in [0.15, 0.2) is 5.82 Å². The number of nitrogens with zero attached hydrogens (tertiary/aromatic N) is 2. The minimum Gasteiger partial charge on any atom is -0.497 e. The van der Waals surface area contributed by atoms with Crippen molar-refractivity contribution in [2.24, 2.45) is 0 Å². The highest BCUT2D eigenvalue weighted by atomic mass is 19.4. The molecule has 0 aliphatic rings. The molecule has 1 heterocycles. The van der Waals surface area contributed by atoms with Gasteiger partial charge >= 0.3 is 12.1 Å². The van der Waals surface area contributed by atoms with Crippen LogP contribution in [0.2, 0.25) is 0 Å². The minimum absolute atomic E-state index is 0.0426. The van der Waals surface area contributed by atoms with E-state index in [1.165, 1.54) is 75.6 Å². The molecule has 0 aliphatic carbocycles. The van der Waals surface area contributed by atoms with E-state index in [0.717, 1.165) is 23.3 Å². The van der Waals surface area contributed by atoms with E-state index < -0.39 is 24.5 Å². The van der Waals surface area contributed by atoms with Crippen LogP contribution in [0.5, 0.6) is 17.2 Å². The normalized spacial score (nSPS) is 12.0. The topological polar surface area (TPSA) is 70.5 Å². The van der Waals surface area contributed by atoms with Gasteiger partial charge in [0.1, 0.15) is 17.2 Å². The third-order valence-corrected chi connectivity index (χ3v) is 7.23. The highest BCUT2D eigenvalue weighted by Gasteiger charge is 2.42. The molecule has 0 spiro atoms. The predicted octanol–water partition coefficient (Wildman–Crippen LogP) is 9.20. The highest BCUT2D eigenvalue weighted by molar-refractivity contribution is 5.74. The second-order valence-corrected chi connectivity index (χ2v) is 10.5. The van der Waals surface area contributed by atoms with Crippen molar-refractivity contribution in [3.8, 4) is 39.8 Å². The fourth-order valence-electron chi connectivity index (χ4n) is 4.71. The molecule has 4 rings (SSSR count). The molecule has 1 aromatic heterocycles. The van der Waals surface area contributed by atoms with E-state index in [2.05, 4.69) is 16.9 Å². The lowest BCUT2D eigenvalue weighted by Crippen LogP contribution is -2.25. The smallest absolute Gasteiger partial charge is 0.396 e. The fourth-order valence-corrected chi connectivity index (χ4v) is 4.71. The van der Waals surface area contributed by atoms with Crippen LogP contribution in [-0.2, 0) is 4.79 Å². The van der Waals surface area contributed by atoms with Crippen LogP contribution in [-0.4, -0.2) is 35.8 Å². The zero-order chi connectivity index (χ0) is 31.4. The van der Waals surface area contributed by atoms with Crippen molar-refractivity contribution < 1.29 is 32.2 Å². The maximum atomic E-state index is 13.7. The lowest BCUT2D eigenvalue weighted by Gasteiger charge is -2.20. The summed E-state index contributed by atoms with van der Waals surface area (Å²) in [5.74, 6) is -1.15. The van der Waals surface area contributed by atoms with Gasteiger partial charge < -0.3 is 14.2 Å². The van der Waals surface area contributed by atoms with Crippen molar-refractivity contribution in [1.29, 1.82) is 0 Å². The van der Waals surface area contributed by atoms with Gasteiger partial charge in [0.2, 0.25) is 0 Å². The first-order valence-corrected chi connectivity index (χ1v) is 14.8. The SMILES string of the molecule is CCCCCCCCOc1ccc(-c2cnc(-c3ccc(OC(=O)CC(c4ccc(OC)cc4)C(F)(F)F)cc3)nc2)cc1. The average molecular weight is 607 g/mol. The Balaban J connectivity index is 1.30. The highest BCUT2D eigenvalue weighted by Crippen LogP contribution is 2.38. The Kier molecular flexibility index (Phi) is 11.7. The van der Waals surface area contributed by atoms with Crippen LogP contribution in [0.15, 0.2) is 85.2 Å². The molecule has 4 aromatic rings. The Morgan fingerprint density at radius 1 is 0.727 bits per heavy atom. The van der Waals surface area contributed by atoms with E-state index in [1.807, 2.05) is 24.3 Å². The van der Waals surface area contributed by atoms with Crippen LogP contribution in [0, 0.1) is 0 Å². The number of ether oxygens (including phenoxy) is 3. The Bertz CT molecular complexity index is 1440. The molecule has 232 valence electrons. The monoisotopic (exact) mass is 606 g/mol. The van der Waals surface area contributed by atoms with Gasteiger partial charge in [0, 0.05) is 23.5 Å². The van der Waals surface area contributed by atoms with Crippen LogP contribution >= 0.6 is 0 Å². The summed E-state index contributed by atoms with van der Waals surface area (Å²) in [6.45, 7) is 2.92. The summed E-state index contributed by atoms with van der Waals surface area (Å²) in [5.41, 5.74) is 2.43. The number of methoxy groups -OCH3 is 1. The summed E-state index contributed by atoms with van der Waals surface area (Å²) in [6.07, 6.45) is 5.28. The standard InChI is InChI=1S/C35H37F3N2O4/c1-3-4-5-6-7-8-21-43-30-17-9-25(10-18-30)28-23-39-34(40-24-28)27-13-19-31(20-14-27)44-33(41)22-32(35(36,37)38)26-11-15-29(42-2)16-12-26/h9-20,23-24,32H,3-8,21-22H2,1-2H3. The molecule has 0 aliphatic heterocycles. The second kappa shape index (κ2) is 15.9. The number of benzene rings is 3. The maximum absolute atomic E-state index is 13.7. The number of aromatic nitrogens is 2. The zero-order valence-corrected chi connectivity index (χ0v) is 25.0. The number of halogens is 3. The van der Waals surface area contributed by atoms with Crippen LogP contribution in [0.4, 0.5) is 13.2 Å². The maximum Gasteiger partial charge on any atom is 0.396 e. The third kappa shape index (κ3) is 9.56. The molecule has 0 N–H and O–H groups in total. The number of carbonyl (C=O) groups is 1. The molecule has 0 saturated carbocycles. The molecule has 9 heteroatoms. The van der Waals surface area contributed by atoms with Gasteiger partial charge in [-0.1, -0.05) is 63.3 Å². The molecule has 6 nitrogen and oxygen atoms in total. The summed E-state index contributed by atoms with van der Waals surface area (Å²) in [5, 5.41) is 0. The first-order chi connectivity index (χ1) is 21.3. The van der Waals surface area contributed by atoms with Crippen molar-refractivity contribution in [2.45, 2.75) is 64.0 Å². The number of unbranched alkanes of at least 4 members (excludes halogenated alkanes) is 5. The van der Waals surface area contributed by atoms with Crippen molar-refractivity contribution in [1.82, 2.24) is 9.97 Å². The summed E-state index contributed by atoms with van der Waals surface area (Å²) < 4.78 is 57.2. The van der Waals surface area contributed by atoms with E-state index in [4.69, 9.17) is 14.2 Å². The number of carbonyl (C=O) groups excluding carboxylic acids is 1.